The fourth-order valence-corrected chi connectivity index (χ4v) is 6.08. The molecule has 4 atom stereocenters. The SMILES string of the molecule is O=C(NC1(C(=O)N2C[C@@H]3C(C(=O)O)[C@@H]3C2)CCOC1)OCC1c2ccccc2-c2ccccc21. The van der Waals surface area contributed by atoms with Crippen LogP contribution < -0.4 is 5.32 Å². The number of alkyl carbamates (subject to hydrolysis) is 1. The molecule has 8 nitrogen and oxygen atoms in total. The Bertz CT molecular complexity index is 1120. The number of nitrogens with zero attached hydrogens (tertiary/aromatic N) is 1. The average Bonchev–Trinajstić information content (AvgIpc) is 3.21. The quantitative estimate of drug-likeness (QED) is 0.707. The summed E-state index contributed by atoms with van der Waals surface area (Å²) in [6.07, 6.45) is -0.280. The highest BCUT2D eigenvalue weighted by molar-refractivity contribution is 5.91. The Morgan fingerprint density at radius 2 is 1.65 bits per heavy atom. The molecule has 1 saturated carbocycles. The van der Waals surface area contributed by atoms with Gasteiger partial charge in [0.2, 0.25) is 0 Å². The second-order valence-electron chi connectivity index (χ2n) is 9.74. The van der Waals surface area contributed by atoms with Gasteiger partial charge in [0.15, 0.2) is 0 Å². The van der Waals surface area contributed by atoms with Gasteiger partial charge in [0.05, 0.1) is 12.5 Å². The zero-order valence-electron chi connectivity index (χ0n) is 18.6. The summed E-state index contributed by atoms with van der Waals surface area (Å²) in [5.41, 5.74) is 3.37. The molecule has 34 heavy (non-hydrogen) atoms. The Labute approximate surface area is 196 Å². The van der Waals surface area contributed by atoms with E-state index in [1.165, 1.54) is 0 Å². The number of likely N-dealkylation sites (tertiary alicyclic amines) is 1. The fourth-order valence-electron chi connectivity index (χ4n) is 6.08. The van der Waals surface area contributed by atoms with Crippen LogP contribution in [-0.4, -0.2) is 66.4 Å². The first kappa shape index (κ1) is 21.2. The van der Waals surface area contributed by atoms with E-state index < -0.39 is 17.6 Å². The Kier molecular flexibility index (Phi) is 4.88. The summed E-state index contributed by atoms with van der Waals surface area (Å²) in [4.78, 5) is 39.2. The molecule has 176 valence electrons. The van der Waals surface area contributed by atoms with E-state index in [4.69, 9.17) is 9.47 Å². The first-order valence-electron chi connectivity index (χ1n) is 11.7. The molecule has 2 aliphatic carbocycles. The van der Waals surface area contributed by atoms with E-state index in [0.29, 0.717) is 26.1 Å². The smallest absolute Gasteiger partial charge is 0.408 e. The number of fused-ring (bicyclic) bond motifs is 4. The van der Waals surface area contributed by atoms with Gasteiger partial charge in [-0.25, -0.2) is 4.79 Å². The summed E-state index contributed by atoms with van der Waals surface area (Å²) in [6.45, 7) is 1.44. The van der Waals surface area contributed by atoms with Crippen molar-refractivity contribution >= 4 is 18.0 Å². The Morgan fingerprint density at radius 1 is 1.03 bits per heavy atom. The lowest BCUT2D eigenvalue weighted by Gasteiger charge is -2.32. The summed E-state index contributed by atoms with van der Waals surface area (Å²) in [5.74, 6) is -1.41. The van der Waals surface area contributed by atoms with Gasteiger partial charge in [-0.1, -0.05) is 48.5 Å². The number of nitrogens with one attached hydrogen (secondary N) is 1. The second-order valence-corrected chi connectivity index (χ2v) is 9.74. The molecule has 0 spiro atoms. The molecule has 2 aromatic rings. The van der Waals surface area contributed by atoms with Crippen LogP contribution in [0.15, 0.2) is 48.5 Å². The van der Waals surface area contributed by atoms with Gasteiger partial charge in [-0.2, -0.15) is 0 Å². The number of ether oxygens (including phenoxy) is 2. The van der Waals surface area contributed by atoms with Crippen molar-refractivity contribution in [2.75, 3.05) is 32.9 Å². The van der Waals surface area contributed by atoms with E-state index in [9.17, 15) is 19.5 Å². The van der Waals surface area contributed by atoms with Crippen LogP contribution in [-0.2, 0) is 19.1 Å². The number of benzene rings is 2. The lowest BCUT2D eigenvalue weighted by Crippen LogP contribution is -2.60. The number of aliphatic carboxylic acids is 1. The molecule has 6 rings (SSSR count). The highest BCUT2D eigenvalue weighted by atomic mass is 16.6. The largest absolute Gasteiger partial charge is 0.481 e. The van der Waals surface area contributed by atoms with Gasteiger partial charge in [-0.05, 0) is 34.1 Å². The van der Waals surface area contributed by atoms with Crippen LogP contribution in [0.25, 0.3) is 11.1 Å². The van der Waals surface area contributed by atoms with Gasteiger partial charge >= 0.3 is 12.1 Å². The minimum absolute atomic E-state index is 0.00951. The van der Waals surface area contributed by atoms with E-state index in [2.05, 4.69) is 29.6 Å². The molecule has 2 amide bonds. The van der Waals surface area contributed by atoms with Crippen LogP contribution in [0.2, 0.25) is 0 Å². The third kappa shape index (κ3) is 3.27. The van der Waals surface area contributed by atoms with Crippen LogP contribution in [0.4, 0.5) is 4.79 Å². The third-order valence-corrected chi connectivity index (χ3v) is 7.88. The average molecular weight is 463 g/mol. The molecule has 0 radical (unpaired) electrons. The van der Waals surface area contributed by atoms with Crippen molar-refractivity contribution in [1.82, 2.24) is 10.2 Å². The predicted octanol–water partition coefficient (Wildman–Crippen LogP) is 2.47. The molecular formula is C26H26N2O6. The summed E-state index contributed by atoms with van der Waals surface area (Å²) >= 11 is 0. The standard InChI is InChI=1S/C26H26N2O6/c29-23(30)22-19-11-28(12-20(19)22)24(31)26(9-10-33-14-26)27-25(32)34-13-21-17-7-3-1-5-15(17)16-6-2-4-8-18(16)21/h1-8,19-22H,9-14H2,(H,27,32)(H,29,30)/t19-,20+,22?,26?. The Balaban J connectivity index is 1.13. The van der Waals surface area contributed by atoms with Crippen molar-refractivity contribution in [3.8, 4) is 11.1 Å². The third-order valence-electron chi connectivity index (χ3n) is 7.88. The molecule has 2 aliphatic heterocycles. The van der Waals surface area contributed by atoms with E-state index in [1.807, 2.05) is 24.3 Å². The lowest BCUT2D eigenvalue weighted by molar-refractivity contribution is -0.142. The van der Waals surface area contributed by atoms with Crippen LogP contribution in [0.3, 0.4) is 0 Å². The van der Waals surface area contributed by atoms with Crippen molar-refractivity contribution in [2.45, 2.75) is 17.9 Å². The van der Waals surface area contributed by atoms with E-state index >= 15 is 0 Å². The maximum Gasteiger partial charge on any atom is 0.408 e. The maximum atomic E-state index is 13.4. The molecule has 2 N–H and O–H groups in total. The number of amides is 2. The molecule has 8 heteroatoms. The number of carbonyl (C=O) groups is 3. The minimum atomic E-state index is -1.17. The second kappa shape index (κ2) is 7.84. The molecule has 2 unspecified atom stereocenters. The van der Waals surface area contributed by atoms with Crippen LogP contribution in [0, 0.1) is 17.8 Å². The summed E-state index contributed by atoms with van der Waals surface area (Å²) in [7, 11) is 0. The van der Waals surface area contributed by atoms with E-state index in [-0.39, 0.29) is 42.8 Å². The number of hydrogen-bond acceptors (Lipinski definition) is 5. The molecule has 3 fully saturated rings. The van der Waals surface area contributed by atoms with Crippen LogP contribution >= 0.6 is 0 Å². The van der Waals surface area contributed by atoms with Gasteiger partial charge in [-0.15, -0.1) is 0 Å². The molecular weight excluding hydrogens is 436 g/mol. The van der Waals surface area contributed by atoms with Crippen molar-refractivity contribution < 1.29 is 29.0 Å². The number of hydrogen-bond donors (Lipinski definition) is 2. The molecule has 0 bridgehead atoms. The topological polar surface area (TPSA) is 105 Å². The number of carbonyl (C=O) groups excluding carboxylic acids is 2. The number of carboxylic acid groups (broad SMARTS) is 1. The Morgan fingerprint density at radius 3 is 2.21 bits per heavy atom. The highest BCUT2D eigenvalue weighted by Crippen LogP contribution is 2.52. The van der Waals surface area contributed by atoms with Crippen LogP contribution in [0.5, 0.6) is 0 Å². The summed E-state index contributed by atoms with van der Waals surface area (Å²) < 4.78 is 11.2. The summed E-state index contributed by atoms with van der Waals surface area (Å²) in [6, 6.07) is 16.2. The Hall–Kier alpha value is -3.39. The van der Waals surface area contributed by atoms with Gasteiger partial charge in [0, 0.05) is 32.0 Å². The number of rotatable bonds is 5. The maximum absolute atomic E-state index is 13.4. The van der Waals surface area contributed by atoms with Gasteiger partial charge < -0.3 is 24.8 Å². The summed E-state index contributed by atoms with van der Waals surface area (Å²) in [5, 5.41) is 12.1. The first-order chi connectivity index (χ1) is 16.5. The minimum Gasteiger partial charge on any atom is -0.481 e. The van der Waals surface area contributed by atoms with Gasteiger partial charge in [0.1, 0.15) is 12.1 Å². The molecule has 4 aliphatic rings. The van der Waals surface area contributed by atoms with Crippen molar-refractivity contribution in [3.05, 3.63) is 59.7 Å². The van der Waals surface area contributed by atoms with Crippen molar-refractivity contribution in [3.63, 3.8) is 0 Å². The fraction of sp³-hybridized carbons (Fsp3) is 0.423. The number of carboxylic acids is 1. The zero-order chi connectivity index (χ0) is 23.4. The molecule has 2 aromatic carbocycles. The highest BCUT2D eigenvalue weighted by Gasteiger charge is 2.62. The van der Waals surface area contributed by atoms with Crippen molar-refractivity contribution in [1.29, 1.82) is 0 Å². The molecule has 0 aromatic heterocycles. The normalized spacial score (nSPS) is 28.7. The predicted molar refractivity (Wildman–Crippen MR) is 121 cm³/mol. The van der Waals surface area contributed by atoms with E-state index in [1.54, 1.807) is 4.90 Å². The zero-order valence-corrected chi connectivity index (χ0v) is 18.6. The molecule has 2 saturated heterocycles. The van der Waals surface area contributed by atoms with Gasteiger partial charge in [-0.3, -0.25) is 9.59 Å². The molecule has 2 heterocycles. The number of piperidine rings is 1. The van der Waals surface area contributed by atoms with E-state index in [0.717, 1.165) is 22.3 Å². The monoisotopic (exact) mass is 462 g/mol. The van der Waals surface area contributed by atoms with Crippen molar-refractivity contribution in [2.24, 2.45) is 17.8 Å². The van der Waals surface area contributed by atoms with Gasteiger partial charge in [0.25, 0.3) is 5.91 Å². The first-order valence-corrected chi connectivity index (χ1v) is 11.7. The van der Waals surface area contributed by atoms with Crippen LogP contribution in [0.1, 0.15) is 23.5 Å². The lowest BCUT2D eigenvalue weighted by atomic mass is 9.96.